The minimum absolute atomic E-state index is 0.0722. The number of carbonyl (C=O) groups is 4. The van der Waals surface area contributed by atoms with Gasteiger partial charge in [0, 0.05) is 31.9 Å². The van der Waals surface area contributed by atoms with E-state index in [4.69, 9.17) is 0 Å². The molecule has 0 unspecified atom stereocenters. The summed E-state index contributed by atoms with van der Waals surface area (Å²) in [5.74, 6) is -1.15. The zero-order valence-electron chi connectivity index (χ0n) is 35.1. The minimum Gasteiger partial charge on any atom is -0.465 e. The van der Waals surface area contributed by atoms with Crippen LogP contribution in [0.4, 0.5) is 9.59 Å². The van der Waals surface area contributed by atoms with E-state index in [9.17, 15) is 29.4 Å². The largest absolute Gasteiger partial charge is 0.465 e. The molecule has 2 heterocycles. The third-order valence-corrected chi connectivity index (χ3v) is 10.6. The lowest BCUT2D eigenvalue weighted by molar-refractivity contribution is -0.132. The lowest BCUT2D eigenvalue weighted by Gasteiger charge is -2.36. The maximum Gasteiger partial charge on any atom is 0.405 e. The number of nitrogens with zero attached hydrogens (tertiary/aromatic N) is 4. The molecule has 5 N–H and O–H groups in total. The molecular weight excluding hydrogens is 723 g/mol. The Kier molecular flexibility index (Phi) is 15.2. The zero-order valence-corrected chi connectivity index (χ0v) is 35.1. The van der Waals surface area contributed by atoms with Crippen molar-refractivity contribution in [3.8, 4) is 0 Å². The summed E-state index contributed by atoms with van der Waals surface area (Å²) in [4.78, 5) is 61.8. The molecule has 0 saturated carbocycles. The summed E-state index contributed by atoms with van der Waals surface area (Å²) in [6, 6.07) is 20.2. The van der Waals surface area contributed by atoms with E-state index in [0.717, 1.165) is 28.1 Å². The zero-order chi connectivity index (χ0) is 42.1. The van der Waals surface area contributed by atoms with Gasteiger partial charge in [0.25, 0.3) is 5.91 Å². The van der Waals surface area contributed by atoms with Crippen LogP contribution in [-0.2, 0) is 34.5 Å². The van der Waals surface area contributed by atoms with E-state index in [1.807, 2.05) is 93.6 Å². The molecule has 5 amide bonds. The number of carbonyl (C=O) groups excluding carboxylic acids is 3. The van der Waals surface area contributed by atoms with Gasteiger partial charge in [-0.2, -0.15) is 0 Å². The van der Waals surface area contributed by atoms with Gasteiger partial charge in [-0.25, -0.2) is 14.6 Å². The van der Waals surface area contributed by atoms with E-state index in [2.05, 4.69) is 41.8 Å². The topological polar surface area (TPSA) is 167 Å². The number of nitrogens with one attached hydrogen (secondary N) is 3. The Bertz CT molecular complexity index is 1810. The summed E-state index contributed by atoms with van der Waals surface area (Å²) in [6.07, 6.45) is -1.63. The molecule has 1 saturated heterocycles. The van der Waals surface area contributed by atoms with Gasteiger partial charge < -0.3 is 30.6 Å². The first-order chi connectivity index (χ1) is 26.8. The summed E-state index contributed by atoms with van der Waals surface area (Å²) in [5.41, 5.74) is 6.54. The van der Waals surface area contributed by atoms with Crippen LogP contribution < -0.4 is 16.1 Å². The van der Waals surface area contributed by atoms with Gasteiger partial charge >= 0.3 is 12.1 Å². The van der Waals surface area contributed by atoms with Gasteiger partial charge in [-0.1, -0.05) is 122 Å². The molecule has 1 aliphatic rings. The first-order valence-corrected chi connectivity index (χ1v) is 19.9. The van der Waals surface area contributed by atoms with E-state index in [-0.39, 0.29) is 42.8 Å². The van der Waals surface area contributed by atoms with E-state index < -0.39 is 41.6 Å². The molecule has 57 heavy (non-hydrogen) atoms. The Balaban J connectivity index is 1.62. The quantitative estimate of drug-likeness (QED) is 0.110. The number of benzene rings is 2. The van der Waals surface area contributed by atoms with Crippen LogP contribution in [0, 0.1) is 18.3 Å². The van der Waals surface area contributed by atoms with Gasteiger partial charge in [0.05, 0.1) is 24.4 Å². The first-order valence-electron chi connectivity index (χ1n) is 19.9. The second kappa shape index (κ2) is 19.4. The average molecular weight is 786 g/mol. The van der Waals surface area contributed by atoms with Gasteiger partial charge in [0.2, 0.25) is 5.91 Å². The summed E-state index contributed by atoms with van der Waals surface area (Å²) in [7, 11) is 0. The number of aliphatic hydroxyl groups is 1. The van der Waals surface area contributed by atoms with Crippen LogP contribution >= 0.6 is 0 Å². The lowest BCUT2D eigenvalue weighted by Crippen LogP contribution is -2.60. The standard InChI is InChI=1S/C44H63N7O6/c1-10-29(2)37(51-24-23-49(42(51)57)27-34-18-14-15-30(3)45-34)39(53)46-35(25-31-16-12-11-13-17-31)36(52)28-50(26-32-19-21-33(22-20-32)43(4,5)6)48-40(54)38(44(7,8)9)47-41(55)56/h11-22,29,35-38,47,52H,10,23-28H2,1-9H3,(H,46,53)(H,48,54)(H,55,56)/t29-,35-,36-,37-,38+/m0/s1. The Morgan fingerprint density at radius 1 is 0.877 bits per heavy atom. The molecule has 1 fully saturated rings. The normalized spacial score (nSPS) is 16.2. The Morgan fingerprint density at radius 3 is 2.12 bits per heavy atom. The fourth-order valence-corrected chi connectivity index (χ4v) is 7.09. The molecule has 4 rings (SSSR count). The van der Waals surface area contributed by atoms with E-state index in [0.29, 0.717) is 26.1 Å². The van der Waals surface area contributed by atoms with Crippen LogP contribution in [0.5, 0.6) is 0 Å². The molecule has 0 aliphatic carbocycles. The van der Waals surface area contributed by atoms with Crippen molar-refractivity contribution in [1.82, 2.24) is 35.9 Å². The van der Waals surface area contributed by atoms with Crippen LogP contribution in [0.3, 0.4) is 0 Å². The number of aliphatic hydroxyl groups excluding tert-OH is 1. The maximum atomic E-state index is 14.5. The Labute approximate surface area is 338 Å². The molecule has 0 spiro atoms. The van der Waals surface area contributed by atoms with Crippen LogP contribution in [0.2, 0.25) is 0 Å². The van der Waals surface area contributed by atoms with Crippen molar-refractivity contribution in [2.24, 2.45) is 11.3 Å². The number of hydrogen-bond acceptors (Lipinski definition) is 7. The van der Waals surface area contributed by atoms with E-state index in [1.165, 1.54) is 0 Å². The summed E-state index contributed by atoms with van der Waals surface area (Å²) in [5, 5.41) is 28.7. The third-order valence-electron chi connectivity index (χ3n) is 10.6. The predicted octanol–water partition coefficient (Wildman–Crippen LogP) is 5.64. The SMILES string of the molecule is CC[C@H](C)[C@@H](C(=O)N[C@@H](Cc1ccccc1)[C@@H](O)CN(Cc1ccc(C(C)(C)C)cc1)NC(=O)[C@@H](NC(=O)O)C(C)(C)C)N1CCN(Cc2cccc(C)n2)C1=O. The predicted molar refractivity (Wildman–Crippen MR) is 221 cm³/mol. The molecule has 5 atom stereocenters. The molecule has 0 radical (unpaired) electrons. The van der Waals surface area contributed by atoms with Crippen LogP contribution in [0.15, 0.2) is 72.8 Å². The average Bonchev–Trinajstić information content (AvgIpc) is 3.48. The number of aryl methyl sites for hydroxylation is 1. The molecule has 1 aliphatic heterocycles. The minimum atomic E-state index is -1.33. The Morgan fingerprint density at radius 2 is 1.54 bits per heavy atom. The highest BCUT2D eigenvalue weighted by Crippen LogP contribution is 2.25. The van der Waals surface area contributed by atoms with Gasteiger partial charge in [-0.3, -0.25) is 20.0 Å². The molecule has 310 valence electrons. The number of hydrogen-bond donors (Lipinski definition) is 5. The highest BCUT2D eigenvalue weighted by atomic mass is 16.4. The summed E-state index contributed by atoms with van der Waals surface area (Å²) >= 11 is 0. The molecular formula is C44H63N7O6. The number of rotatable bonds is 17. The van der Waals surface area contributed by atoms with Crippen LogP contribution in [-0.4, -0.2) is 97.8 Å². The summed E-state index contributed by atoms with van der Waals surface area (Å²) in [6.45, 7) is 18.7. The van der Waals surface area contributed by atoms with Crippen molar-refractivity contribution >= 4 is 23.9 Å². The van der Waals surface area contributed by atoms with Gasteiger partial charge in [-0.05, 0) is 58.9 Å². The summed E-state index contributed by atoms with van der Waals surface area (Å²) < 4.78 is 0. The smallest absolute Gasteiger partial charge is 0.405 e. The highest BCUT2D eigenvalue weighted by molar-refractivity contribution is 5.88. The van der Waals surface area contributed by atoms with Crippen molar-refractivity contribution in [3.05, 3.63) is 101 Å². The molecule has 2 aromatic carbocycles. The number of aromatic nitrogens is 1. The molecule has 13 heteroatoms. The second-order valence-corrected chi connectivity index (χ2v) is 17.4. The van der Waals surface area contributed by atoms with E-state index in [1.54, 1.807) is 35.6 Å². The second-order valence-electron chi connectivity index (χ2n) is 17.4. The molecule has 3 aromatic rings. The number of carboxylic acid groups (broad SMARTS) is 1. The van der Waals surface area contributed by atoms with Crippen molar-refractivity contribution < 1.29 is 29.4 Å². The molecule has 1 aromatic heterocycles. The molecule has 13 nitrogen and oxygen atoms in total. The van der Waals surface area contributed by atoms with E-state index >= 15 is 0 Å². The third kappa shape index (κ3) is 12.7. The maximum absolute atomic E-state index is 14.5. The van der Waals surface area contributed by atoms with Crippen molar-refractivity contribution in [2.45, 2.75) is 118 Å². The number of urea groups is 1. The fraction of sp³-hybridized carbons (Fsp3) is 0.523. The van der Waals surface area contributed by atoms with Crippen LogP contribution in [0.25, 0.3) is 0 Å². The number of pyridine rings is 1. The molecule has 0 bridgehead atoms. The van der Waals surface area contributed by atoms with Crippen molar-refractivity contribution in [3.63, 3.8) is 0 Å². The van der Waals surface area contributed by atoms with Crippen LogP contribution in [0.1, 0.15) is 89.9 Å². The monoisotopic (exact) mass is 785 g/mol. The van der Waals surface area contributed by atoms with Crippen molar-refractivity contribution in [1.29, 1.82) is 0 Å². The first kappa shape index (κ1) is 44.7. The van der Waals surface area contributed by atoms with Crippen molar-refractivity contribution in [2.75, 3.05) is 19.6 Å². The lowest BCUT2D eigenvalue weighted by atomic mass is 9.86. The highest BCUT2D eigenvalue weighted by Gasteiger charge is 2.41. The van der Waals surface area contributed by atoms with Gasteiger partial charge in [0.15, 0.2) is 0 Å². The van der Waals surface area contributed by atoms with Gasteiger partial charge in [0.1, 0.15) is 12.1 Å². The van der Waals surface area contributed by atoms with Gasteiger partial charge in [-0.15, -0.1) is 0 Å². The fourth-order valence-electron chi connectivity index (χ4n) is 7.09. The number of hydrazine groups is 1. The number of amides is 5. The Hall–Kier alpha value is -5.01.